The predicted octanol–water partition coefficient (Wildman–Crippen LogP) is 1.56. The Morgan fingerprint density at radius 2 is 1.78 bits per heavy atom. The van der Waals surface area contributed by atoms with E-state index in [4.69, 9.17) is 0 Å². The lowest BCUT2D eigenvalue weighted by molar-refractivity contribution is 0.0770. The number of fused-ring (bicyclic) bond motifs is 2. The zero-order valence-corrected chi connectivity index (χ0v) is 5.71. The molecule has 0 spiro atoms. The molecule has 2 aliphatic carbocycles. The molecule has 0 aromatic carbocycles. The molecule has 0 radical (unpaired) electrons. The van der Waals surface area contributed by atoms with Crippen molar-refractivity contribution in [2.45, 2.75) is 38.2 Å². The summed E-state index contributed by atoms with van der Waals surface area (Å²) in [5, 5.41) is 9.40. The molecule has 52 valence electrons. The van der Waals surface area contributed by atoms with Gasteiger partial charge in [0.25, 0.3) is 0 Å². The van der Waals surface area contributed by atoms with Gasteiger partial charge in [-0.2, -0.15) is 0 Å². The van der Waals surface area contributed by atoms with Crippen LogP contribution in [0.1, 0.15) is 32.1 Å². The minimum atomic E-state index is 0.0590. The molecule has 1 nitrogen and oxygen atoms in total. The van der Waals surface area contributed by atoms with Gasteiger partial charge in [-0.25, -0.2) is 0 Å². The normalized spacial score (nSPS) is 49.7. The average Bonchev–Trinajstić information content (AvgIpc) is 2.25. The first-order valence-corrected chi connectivity index (χ1v) is 4.04. The van der Waals surface area contributed by atoms with Crippen molar-refractivity contribution in [2.75, 3.05) is 0 Å². The molecular formula is C8H14O. The summed E-state index contributed by atoms with van der Waals surface area (Å²) in [6.45, 7) is 0. The minimum absolute atomic E-state index is 0.0590. The molecule has 2 rings (SSSR count). The molecule has 0 amide bonds. The standard InChI is InChI=1S/C8H14O/c9-8-4-2-6-1-3-7(8)5-6/h6-9H,1-5H2/t6-,7+,8+/m1/s1. The van der Waals surface area contributed by atoms with Crippen LogP contribution in [0.5, 0.6) is 0 Å². The van der Waals surface area contributed by atoms with Gasteiger partial charge < -0.3 is 5.11 Å². The molecule has 0 heterocycles. The van der Waals surface area contributed by atoms with Gasteiger partial charge in [-0.05, 0) is 37.5 Å². The Morgan fingerprint density at radius 3 is 2.56 bits per heavy atom. The van der Waals surface area contributed by atoms with E-state index < -0.39 is 0 Å². The second-order valence-electron chi connectivity index (χ2n) is 3.58. The van der Waals surface area contributed by atoms with Crippen LogP contribution in [0.2, 0.25) is 0 Å². The summed E-state index contributed by atoms with van der Waals surface area (Å²) in [7, 11) is 0. The number of aliphatic hydroxyl groups excluding tert-OH is 1. The van der Waals surface area contributed by atoms with Gasteiger partial charge in [0, 0.05) is 0 Å². The molecule has 2 aliphatic rings. The lowest BCUT2D eigenvalue weighted by Gasteiger charge is -2.23. The van der Waals surface area contributed by atoms with Crippen LogP contribution in [0.25, 0.3) is 0 Å². The maximum Gasteiger partial charge on any atom is 0.0568 e. The van der Waals surface area contributed by atoms with Crippen molar-refractivity contribution in [3.05, 3.63) is 0 Å². The minimum Gasteiger partial charge on any atom is -0.393 e. The summed E-state index contributed by atoms with van der Waals surface area (Å²) in [5.41, 5.74) is 0. The molecule has 9 heavy (non-hydrogen) atoms. The molecular weight excluding hydrogens is 112 g/mol. The molecule has 0 aliphatic heterocycles. The number of hydrogen-bond acceptors (Lipinski definition) is 1. The maximum atomic E-state index is 9.40. The fourth-order valence-electron chi connectivity index (χ4n) is 2.37. The molecule has 3 atom stereocenters. The second kappa shape index (κ2) is 1.98. The molecule has 0 aromatic heterocycles. The smallest absolute Gasteiger partial charge is 0.0568 e. The Balaban J connectivity index is 2.05. The highest BCUT2D eigenvalue weighted by molar-refractivity contribution is 4.85. The Kier molecular flexibility index (Phi) is 1.26. The van der Waals surface area contributed by atoms with Crippen molar-refractivity contribution < 1.29 is 5.11 Å². The van der Waals surface area contributed by atoms with Crippen LogP contribution in [0.4, 0.5) is 0 Å². The van der Waals surface area contributed by atoms with Crippen LogP contribution < -0.4 is 0 Å². The number of rotatable bonds is 0. The third kappa shape index (κ3) is 0.877. The van der Waals surface area contributed by atoms with E-state index in [0.29, 0.717) is 5.92 Å². The van der Waals surface area contributed by atoms with E-state index >= 15 is 0 Å². The van der Waals surface area contributed by atoms with E-state index in [0.717, 1.165) is 12.3 Å². The summed E-state index contributed by atoms with van der Waals surface area (Å²) in [4.78, 5) is 0. The third-order valence-corrected chi connectivity index (χ3v) is 3.00. The van der Waals surface area contributed by atoms with Crippen molar-refractivity contribution in [1.82, 2.24) is 0 Å². The quantitative estimate of drug-likeness (QED) is 0.522. The van der Waals surface area contributed by atoms with Gasteiger partial charge in [0.1, 0.15) is 0 Å². The van der Waals surface area contributed by atoms with E-state index in [1.54, 1.807) is 0 Å². The van der Waals surface area contributed by atoms with Crippen LogP contribution in [0.3, 0.4) is 0 Å². The lowest BCUT2D eigenvalue weighted by atomic mass is 9.87. The highest BCUT2D eigenvalue weighted by atomic mass is 16.3. The monoisotopic (exact) mass is 126 g/mol. The Bertz CT molecular complexity index is 111. The van der Waals surface area contributed by atoms with Crippen LogP contribution in [0, 0.1) is 11.8 Å². The zero-order chi connectivity index (χ0) is 6.27. The highest BCUT2D eigenvalue weighted by Crippen LogP contribution is 2.41. The summed E-state index contributed by atoms with van der Waals surface area (Å²) in [5.74, 6) is 1.67. The van der Waals surface area contributed by atoms with Crippen LogP contribution >= 0.6 is 0 Å². The molecule has 1 heteroatoms. The van der Waals surface area contributed by atoms with E-state index in [1.807, 2.05) is 0 Å². The largest absolute Gasteiger partial charge is 0.393 e. The molecule has 2 bridgehead atoms. The SMILES string of the molecule is O[C@H]1CC[C@H]2CC[C@H]1C2. The lowest BCUT2D eigenvalue weighted by Crippen LogP contribution is -2.22. The Labute approximate surface area is 56.1 Å². The first kappa shape index (κ1) is 5.72. The van der Waals surface area contributed by atoms with E-state index in [2.05, 4.69) is 0 Å². The topological polar surface area (TPSA) is 20.2 Å². The Hall–Kier alpha value is -0.0400. The predicted molar refractivity (Wildman–Crippen MR) is 36.1 cm³/mol. The van der Waals surface area contributed by atoms with Crippen LogP contribution in [0.15, 0.2) is 0 Å². The van der Waals surface area contributed by atoms with E-state index in [9.17, 15) is 5.11 Å². The Morgan fingerprint density at radius 1 is 1.00 bits per heavy atom. The van der Waals surface area contributed by atoms with Crippen molar-refractivity contribution in [3.63, 3.8) is 0 Å². The molecule has 0 unspecified atom stereocenters. The first-order chi connectivity index (χ1) is 4.36. The average molecular weight is 126 g/mol. The van der Waals surface area contributed by atoms with E-state index in [-0.39, 0.29) is 6.10 Å². The molecule has 0 saturated heterocycles. The summed E-state index contributed by atoms with van der Waals surface area (Å²) in [6, 6.07) is 0. The fraction of sp³-hybridized carbons (Fsp3) is 1.00. The summed E-state index contributed by atoms with van der Waals surface area (Å²) in [6.07, 6.45) is 6.44. The first-order valence-electron chi connectivity index (χ1n) is 4.04. The second-order valence-corrected chi connectivity index (χ2v) is 3.58. The molecule has 1 N–H and O–H groups in total. The van der Waals surface area contributed by atoms with Gasteiger partial charge in [0.05, 0.1) is 6.10 Å². The van der Waals surface area contributed by atoms with Crippen molar-refractivity contribution >= 4 is 0 Å². The molecule has 2 saturated carbocycles. The van der Waals surface area contributed by atoms with Gasteiger partial charge in [0.15, 0.2) is 0 Å². The van der Waals surface area contributed by atoms with Gasteiger partial charge in [-0.1, -0.05) is 6.42 Å². The third-order valence-electron chi connectivity index (χ3n) is 3.00. The van der Waals surface area contributed by atoms with Crippen LogP contribution in [-0.4, -0.2) is 11.2 Å². The number of aliphatic hydroxyl groups is 1. The van der Waals surface area contributed by atoms with E-state index in [1.165, 1.54) is 25.7 Å². The fourth-order valence-corrected chi connectivity index (χ4v) is 2.37. The van der Waals surface area contributed by atoms with Gasteiger partial charge in [-0.3, -0.25) is 0 Å². The van der Waals surface area contributed by atoms with Crippen molar-refractivity contribution in [3.8, 4) is 0 Å². The zero-order valence-electron chi connectivity index (χ0n) is 5.71. The van der Waals surface area contributed by atoms with Crippen molar-refractivity contribution in [1.29, 1.82) is 0 Å². The highest BCUT2D eigenvalue weighted by Gasteiger charge is 2.34. The molecule has 2 fully saturated rings. The van der Waals surface area contributed by atoms with Gasteiger partial charge >= 0.3 is 0 Å². The van der Waals surface area contributed by atoms with Gasteiger partial charge in [-0.15, -0.1) is 0 Å². The van der Waals surface area contributed by atoms with Crippen molar-refractivity contribution in [2.24, 2.45) is 11.8 Å². The van der Waals surface area contributed by atoms with Gasteiger partial charge in [0.2, 0.25) is 0 Å². The summed E-state index contributed by atoms with van der Waals surface area (Å²) < 4.78 is 0. The van der Waals surface area contributed by atoms with Crippen LogP contribution in [-0.2, 0) is 0 Å². The maximum absolute atomic E-state index is 9.40. The molecule has 0 aromatic rings. The number of hydrogen-bond donors (Lipinski definition) is 1. The summed E-state index contributed by atoms with van der Waals surface area (Å²) >= 11 is 0.